The zero-order valence-electron chi connectivity index (χ0n) is 16.5. The van der Waals surface area contributed by atoms with Gasteiger partial charge < -0.3 is 14.3 Å². The molecule has 0 radical (unpaired) electrons. The predicted octanol–water partition coefficient (Wildman–Crippen LogP) is 5.08. The van der Waals surface area contributed by atoms with Crippen molar-refractivity contribution in [3.05, 3.63) is 44.8 Å². The van der Waals surface area contributed by atoms with Gasteiger partial charge in [0.2, 0.25) is 0 Å². The molecule has 5 nitrogen and oxygen atoms in total. The van der Waals surface area contributed by atoms with Gasteiger partial charge in [0.25, 0.3) is 0 Å². The Labute approximate surface area is 158 Å². The van der Waals surface area contributed by atoms with E-state index < -0.39 is 5.63 Å². The standard InChI is InChI=1S/C22H26O5/c1-6-12(5)19(24)18-20(25)13(9-8-11(3)4)21-17-14(15(7-2)26-21)10-16(23)27-22(17)18/h8,10,12,15,25H,6-7,9H2,1-5H3. The maximum Gasteiger partial charge on any atom is 0.336 e. The molecule has 1 aliphatic rings. The van der Waals surface area contributed by atoms with Crippen LogP contribution in [0.4, 0.5) is 0 Å². The van der Waals surface area contributed by atoms with E-state index in [1.807, 2.05) is 40.7 Å². The molecule has 144 valence electrons. The molecule has 27 heavy (non-hydrogen) atoms. The summed E-state index contributed by atoms with van der Waals surface area (Å²) in [6.45, 7) is 9.64. The molecular formula is C22H26O5. The zero-order chi connectivity index (χ0) is 19.9. The highest BCUT2D eigenvalue weighted by Crippen LogP contribution is 2.50. The van der Waals surface area contributed by atoms with Gasteiger partial charge in [-0.1, -0.05) is 32.4 Å². The monoisotopic (exact) mass is 370 g/mol. The molecule has 1 aliphatic heterocycles. The van der Waals surface area contributed by atoms with Crippen molar-refractivity contribution >= 4 is 16.8 Å². The Morgan fingerprint density at radius 3 is 2.63 bits per heavy atom. The van der Waals surface area contributed by atoms with Crippen LogP contribution in [0.15, 0.2) is 26.9 Å². The molecule has 5 heteroatoms. The Morgan fingerprint density at radius 1 is 1.33 bits per heavy atom. The van der Waals surface area contributed by atoms with Crippen LogP contribution < -0.4 is 10.4 Å². The fourth-order valence-corrected chi connectivity index (χ4v) is 3.49. The Morgan fingerprint density at radius 2 is 2.04 bits per heavy atom. The largest absolute Gasteiger partial charge is 0.507 e. The van der Waals surface area contributed by atoms with E-state index >= 15 is 0 Å². The number of benzene rings is 1. The lowest BCUT2D eigenvalue weighted by Crippen LogP contribution is -2.13. The predicted molar refractivity (Wildman–Crippen MR) is 105 cm³/mol. The van der Waals surface area contributed by atoms with Gasteiger partial charge in [0.1, 0.15) is 23.2 Å². The summed E-state index contributed by atoms with van der Waals surface area (Å²) in [5.41, 5.74) is 2.10. The third kappa shape index (κ3) is 3.15. The SMILES string of the molecule is CCC(C)C(=O)c1c(O)c(CC=C(C)C)c2c3c(cc(=O)oc13)C(CC)O2. The van der Waals surface area contributed by atoms with Crippen molar-refractivity contribution in [2.24, 2.45) is 5.92 Å². The second-order valence-corrected chi connectivity index (χ2v) is 7.43. The van der Waals surface area contributed by atoms with E-state index in [1.165, 1.54) is 6.07 Å². The minimum Gasteiger partial charge on any atom is -0.507 e. The third-order valence-electron chi connectivity index (χ3n) is 5.24. The van der Waals surface area contributed by atoms with E-state index in [2.05, 4.69) is 0 Å². The fraction of sp³-hybridized carbons (Fsp3) is 0.455. The number of rotatable bonds is 6. The number of hydrogen-bond donors (Lipinski definition) is 1. The fourth-order valence-electron chi connectivity index (χ4n) is 3.49. The summed E-state index contributed by atoms with van der Waals surface area (Å²) < 4.78 is 11.5. The van der Waals surface area contributed by atoms with Crippen LogP contribution in [0.2, 0.25) is 0 Å². The van der Waals surface area contributed by atoms with Crippen LogP contribution in [0.5, 0.6) is 11.5 Å². The Hall–Kier alpha value is -2.56. The minimum absolute atomic E-state index is 0.0968. The van der Waals surface area contributed by atoms with Gasteiger partial charge in [-0.15, -0.1) is 0 Å². The second-order valence-electron chi connectivity index (χ2n) is 7.43. The van der Waals surface area contributed by atoms with E-state index in [0.717, 1.165) is 11.1 Å². The maximum absolute atomic E-state index is 13.0. The van der Waals surface area contributed by atoms with Crippen molar-refractivity contribution in [3.8, 4) is 11.5 Å². The van der Waals surface area contributed by atoms with Crippen LogP contribution in [0.25, 0.3) is 11.0 Å². The smallest absolute Gasteiger partial charge is 0.336 e. The topological polar surface area (TPSA) is 76.7 Å². The van der Waals surface area contributed by atoms with Gasteiger partial charge in [0.05, 0.1) is 5.39 Å². The third-order valence-corrected chi connectivity index (χ3v) is 5.24. The number of aromatic hydroxyl groups is 1. The number of hydrogen-bond acceptors (Lipinski definition) is 5. The molecule has 2 heterocycles. The summed E-state index contributed by atoms with van der Waals surface area (Å²) in [7, 11) is 0. The number of allylic oxidation sites excluding steroid dienone is 2. The van der Waals surface area contributed by atoms with Crippen molar-refractivity contribution in [1.82, 2.24) is 0 Å². The molecular weight excluding hydrogens is 344 g/mol. The first kappa shape index (κ1) is 19.2. The molecule has 2 atom stereocenters. The molecule has 0 bridgehead atoms. The highest BCUT2D eigenvalue weighted by Gasteiger charge is 2.35. The molecule has 0 amide bonds. The zero-order valence-corrected chi connectivity index (χ0v) is 16.5. The van der Waals surface area contributed by atoms with E-state index in [-0.39, 0.29) is 34.7 Å². The van der Waals surface area contributed by atoms with Crippen molar-refractivity contribution in [2.75, 3.05) is 0 Å². The first-order valence-corrected chi connectivity index (χ1v) is 9.49. The van der Waals surface area contributed by atoms with Gasteiger partial charge in [0.15, 0.2) is 11.4 Å². The lowest BCUT2D eigenvalue weighted by atomic mass is 9.90. The average Bonchev–Trinajstić information content (AvgIpc) is 2.99. The first-order valence-electron chi connectivity index (χ1n) is 9.49. The van der Waals surface area contributed by atoms with Crippen LogP contribution in [0.3, 0.4) is 0 Å². The quantitative estimate of drug-likeness (QED) is 0.436. The second kappa shape index (κ2) is 7.22. The average molecular weight is 370 g/mol. The number of carbonyl (C=O) groups is 1. The summed E-state index contributed by atoms with van der Waals surface area (Å²) in [6.07, 6.45) is 3.43. The lowest BCUT2D eigenvalue weighted by molar-refractivity contribution is 0.0925. The molecule has 1 aromatic carbocycles. The number of ether oxygens (including phenoxy) is 1. The lowest BCUT2D eigenvalue weighted by Gasteiger charge is -2.16. The van der Waals surface area contributed by atoms with Crippen molar-refractivity contribution in [2.45, 2.75) is 60.0 Å². The number of phenolic OH excluding ortho intramolecular Hbond substituents is 1. The molecule has 2 aromatic rings. The van der Waals surface area contributed by atoms with E-state index in [0.29, 0.717) is 36.0 Å². The van der Waals surface area contributed by atoms with E-state index in [1.54, 1.807) is 0 Å². The Balaban J connectivity index is 2.42. The molecule has 2 unspecified atom stereocenters. The number of Topliss-reactive ketones (excluding diaryl/α,β-unsaturated/α-hetero) is 1. The van der Waals surface area contributed by atoms with E-state index in [4.69, 9.17) is 9.15 Å². The van der Waals surface area contributed by atoms with Crippen LogP contribution in [-0.2, 0) is 6.42 Å². The highest BCUT2D eigenvalue weighted by atomic mass is 16.5. The van der Waals surface area contributed by atoms with Crippen molar-refractivity contribution < 1.29 is 19.1 Å². The maximum atomic E-state index is 13.0. The van der Waals surface area contributed by atoms with Crippen LogP contribution in [-0.4, -0.2) is 10.9 Å². The molecule has 1 aromatic heterocycles. The van der Waals surface area contributed by atoms with Gasteiger partial charge >= 0.3 is 5.63 Å². The normalized spacial score (nSPS) is 16.3. The van der Waals surface area contributed by atoms with Gasteiger partial charge in [-0.05, 0) is 33.1 Å². The van der Waals surface area contributed by atoms with Crippen LogP contribution in [0.1, 0.15) is 75.0 Å². The first-order chi connectivity index (χ1) is 12.8. The van der Waals surface area contributed by atoms with Crippen molar-refractivity contribution in [1.29, 1.82) is 0 Å². The highest BCUT2D eigenvalue weighted by molar-refractivity contribution is 6.12. The molecule has 0 aliphatic carbocycles. The summed E-state index contributed by atoms with van der Waals surface area (Å²) in [5.74, 6) is -0.136. The molecule has 3 rings (SSSR count). The molecule has 0 fully saturated rings. The Kier molecular flexibility index (Phi) is 5.13. The number of carbonyl (C=O) groups excluding carboxylic acids is 1. The molecule has 1 N–H and O–H groups in total. The minimum atomic E-state index is -0.540. The van der Waals surface area contributed by atoms with E-state index in [9.17, 15) is 14.7 Å². The van der Waals surface area contributed by atoms with Gasteiger partial charge in [-0.2, -0.15) is 0 Å². The molecule has 0 spiro atoms. The summed E-state index contributed by atoms with van der Waals surface area (Å²) >= 11 is 0. The summed E-state index contributed by atoms with van der Waals surface area (Å²) in [4.78, 5) is 25.2. The number of ketones is 1. The molecule has 0 saturated heterocycles. The van der Waals surface area contributed by atoms with Crippen LogP contribution in [0, 0.1) is 5.92 Å². The number of phenols is 1. The van der Waals surface area contributed by atoms with Gasteiger partial charge in [-0.25, -0.2) is 4.79 Å². The molecule has 0 saturated carbocycles. The summed E-state index contributed by atoms with van der Waals surface area (Å²) in [6, 6.07) is 1.44. The summed E-state index contributed by atoms with van der Waals surface area (Å²) in [5, 5.41) is 11.6. The Bertz CT molecular complexity index is 992. The van der Waals surface area contributed by atoms with Crippen LogP contribution >= 0.6 is 0 Å². The van der Waals surface area contributed by atoms with Crippen molar-refractivity contribution in [3.63, 3.8) is 0 Å². The van der Waals surface area contributed by atoms with Gasteiger partial charge in [0, 0.05) is 23.1 Å². The van der Waals surface area contributed by atoms with Gasteiger partial charge in [-0.3, -0.25) is 4.79 Å².